The van der Waals surface area contributed by atoms with Gasteiger partial charge >= 0.3 is 0 Å². The lowest BCUT2D eigenvalue weighted by Gasteiger charge is -2.02. The fraction of sp³-hybridized carbons (Fsp3) is 0.429. The van der Waals surface area contributed by atoms with Crippen molar-refractivity contribution in [3.63, 3.8) is 0 Å². The van der Waals surface area contributed by atoms with E-state index in [9.17, 15) is 0 Å². The Morgan fingerprint density at radius 2 is 1.46 bits per heavy atom. The van der Waals surface area contributed by atoms with Crippen molar-refractivity contribution in [3.8, 4) is 0 Å². The van der Waals surface area contributed by atoms with E-state index in [2.05, 4.69) is 0 Å². The summed E-state index contributed by atoms with van der Waals surface area (Å²) in [5.74, 6) is 0. The fourth-order valence-electron chi connectivity index (χ4n) is 1.60. The first-order valence-corrected chi connectivity index (χ1v) is 5.17. The number of rotatable bonds is 0. The van der Waals surface area contributed by atoms with E-state index >= 15 is 0 Å². The van der Waals surface area contributed by atoms with Crippen molar-refractivity contribution in [3.05, 3.63) is 19.8 Å². The first-order chi connectivity index (χ1) is 5.61. The van der Waals surface area contributed by atoms with Gasteiger partial charge < -0.3 is 11.5 Å². The van der Waals surface area contributed by atoms with Gasteiger partial charge in [0, 0.05) is 23.2 Å². The van der Waals surface area contributed by atoms with Gasteiger partial charge in [-0.1, -0.05) is 23.2 Å². The molecule has 0 bridgehead atoms. The molecule has 2 rings (SSSR count). The molecule has 1 aliphatic rings. The van der Waals surface area contributed by atoms with E-state index in [1.54, 1.807) is 0 Å². The van der Waals surface area contributed by atoms with Gasteiger partial charge in [-0.05, 0) is 6.42 Å². The highest BCUT2D eigenvalue weighted by atomic mass is 35.5. The average Bonchev–Trinajstić information content (AvgIpc) is 2.38. The maximum atomic E-state index is 5.95. The van der Waals surface area contributed by atoms with Gasteiger partial charge in [0.25, 0.3) is 0 Å². The largest absolute Gasteiger partial charge is 0.324 e. The number of hydrogen-bond acceptors (Lipinski definition) is 3. The fourth-order valence-corrected chi connectivity index (χ4v) is 3.57. The third-order valence-electron chi connectivity index (χ3n) is 2.14. The van der Waals surface area contributed by atoms with Gasteiger partial charge in [-0.2, -0.15) is 0 Å². The normalized spacial score (nSPS) is 25.5. The number of fused-ring (bicyclic) bond motifs is 1. The van der Waals surface area contributed by atoms with Gasteiger partial charge in [0.05, 0.1) is 8.67 Å². The van der Waals surface area contributed by atoms with Gasteiger partial charge in [0.1, 0.15) is 0 Å². The van der Waals surface area contributed by atoms with E-state index in [1.807, 2.05) is 0 Å². The van der Waals surface area contributed by atoms with Crippen LogP contribution in [0.5, 0.6) is 0 Å². The lowest BCUT2D eigenvalue weighted by Crippen LogP contribution is -2.09. The molecule has 2 nitrogen and oxygen atoms in total. The summed E-state index contributed by atoms with van der Waals surface area (Å²) < 4.78 is 1.38. The van der Waals surface area contributed by atoms with Crippen molar-refractivity contribution in [1.82, 2.24) is 0 Å². The van der Waals surface area contributed by atoms with Gasteiger partial charge in [-0.3, -0.25) is 0 Å². The monoisotopic (exact) mass is 258 g/mol. The number of halogens is 3. The molecule has 1 heterocycles. The minimum Gasteiger partial charge on any atom is -0.324 e. The molecule has 0 radical (unpaired) electrons. The number of thiophene rings is 1. The predicted molar refractivity (Wildman–Crippen MR) is 60.1 cm³/mol. The molecular formula is C7H9Cl3N2S. The van der Waals surface area contributed by atoms with Crippen LogP contribution in [0.2, 0.25) is 8.67 Å². The lowest BCUT2D eigenvalue weighted by molar-refractivity contribution is 0.621. The van der Waals surface area contributed by atoms with Crippen molar-refractivity contribution in [2.24, 2.45) is 11.5 Å². The molecule has 2 unspecified atom stereocenters. The first kappa shape index (κ1) is 11.6. The van der Waals surface area contributed by atoms with Crippen molar-refractivity contribution in [2.45, 2.75) is 18.5 Å². The van der Waals surface area contributed by atoms with Crippen LogP contribution in [-0.2, 0) is 0 Å². The molecule has 1 aromatic heterocycles. The maximum Gasteiger partial charge on any atom is 0.0995 e. The van der Waals surface area contributed by atoms with Crippen LogP contribution in [0.4, 0.5) is 0 Å². The molecule has 13 heavy (non-hydrogen) atoms. The quantitative estimate of drug-likeness (QED) is 0.753. The molecule has 2 atom stereocenters. The lowest BCUT2D eigenvalue weighted by atomic mass is 10.2. The predicted octanol–water partition coefficient (Wildman–Crippen LogP) is 2.88. The van der Waals surface area contributed by atoms with Crippen LogP contribution >= 0.6 is 46.9 Å². The van der Waals surface area contributed by atoms with Gasteiger partial charge in [-0.25, -0.2) is 0 Å². The van der Waals surface area contributed by atoms with Crippen molar-refractivity contribution in [2.75, 3.05) is 0 Å². The second-order valence-electron chi connectivity index (χ2n) is 2.93. The van der Waals surface area contributed by atoms with Crippen LogP contribution in [0.1, 0.15) is 29.6 Å². The Labute approximate surface area is 96.6 Å². The average molecular weight is 260 g/mol. The SMILES string of the molecule is Cl.NC1CC(N)c2c(Cl)sc(Cl)c21. The standard InChI is InChI=1S/C7H8Cl2N2S.ClH/c8-6-4-2(10)1-3(11)5(4)7(9)12-6;/h2-3H,1,10-11H2;1H. The Kier molecular flexibility index (Phi) is 3.49. The summed E-state index contributed by atoms with van der Waals surface area (Å²) in [7, 11) is 0. The first-order valence-electron chi connectivity index (χ1n) is 3.60. The molecule has 1 aromatic rings. The molecule has 0 fully saturated rings. The van der Waals surface area contributed by atoms with E-state index in [0.29, 0.717) is 8.67 Å². The van der Waals surface area contributed by atoms with Gasteiger partial charge in [0.15, 0.2) is 0 Å². The number of nitrogens with two attached hydrogens (primary N) is 2. The second kappa shape index (κ2) is 3.93. The molecule has 6 heteroatoms. The Bertz CT molecular complexity index is 297. The Morgan fingerprint density at radius 3 is 1.85 bits per heavy atom. The van der Waals surface area contributed by atoms with Crippen LogP contribution in [0.3, 0.4) is 0 Å². The van der Waals surface area contributed by atoms with Crippen LogP contribution in [-0.4, -0.2) is 0 Å². The zero-order valence-corrected chi connectivity index (χ0v) is 9.73. The Morgan fingerprint density at radius 1 is 1.08 bits per heavy atom. The molecule has 0 aliphatic heterocycles. The molecule has 0 spiro atoms. The smallest absolute Gasteiger partial charge is 0.0995 e. The van der Waals surface area contributed by atoms with Crippen molar-refractivity contribution >= 4 is 46.9 Å². The van der Waals surface area contributed by atoms with E-state index in [0.717, 1.165) is 17.5 Å². The molecular weight excluding hydrogens is 251 g/mol. The summed E-state index contributed by atoms with van der Waals surface area (Å²) in [5.41, 5.74) is 13.6. The number of hydrogen-bond donors (Lipinski definition) is 2. The summed E-state index contributed by atoms with van der Waals surface area (Å²) in [6.07, 6.45) is 0.748. The zero-order chi connectivity index (χ0) is 8.88. The highest BCUT2D eigenvalue weighted by Crippen LogP contribution is 2.48. The van der Waals surface area contributed by atoms with E-state index in [-0.39, 0.29) is 24.5 Å². The molecule has 1 aliphatic carbocycles. The van der Waals surface area contributed by atoms with Crippen LogP contribution in [0.15, 0.2) is 0 Å². The van der Waals surface area contributed by atoms with Crippen molar-refractivity contribution in [1.29, 1.82) is 0 Å². The molecule has 0 saturated heterocycles. The van der Waals surface area contributed by atoms with Crippen molar-refractivity contribution < 1.29 is 0 Å². The summed E-state index contributed by atoms with van der Waals surface area (Å²) >= 11 is 13.2. The topological polar surface area (TPSA) is 52.0 Å². The van der Waals surface area contributed by atoms with Crippen LogP contribution < -0.4 is 11.5 Å². The molecule has 74 valence electrons. The third-order valence-corrected chi connectivity index (χ3v) is 3.81. The van der Waals surface area contributed by atoms with E-state index in [1.165, 1.54) is 11.3 Å². The minimum absolute atomic E-state index is 0. The molecule has 0 saturated carbocycles. The Hall–Kier alpha value is 0.490. The van der Waals surface area contributed by atoms with E-state index < -0.39 is 0 Å². The second-order valence-corrected chi connectivity index (χ2v) is 5.15. The van der Waals surface area contributed by atoms with Crippen LogP contribution in [0.25, 0.3) is 0 Å². The highest BCUT2D eigenvalue weighted by Gasteiger charge is 2.32. The van der Waals surface area contributed by atoms with Crippen LogP contribution in [0, 0.1) is 0 Å². The zero-order valence-electron chi connectivity index (χ0n) is 6.59. The summed E-state index contributed by atoms with van der Waals surface area (Å²) in [4.78, 5) is 0. The molecule has 4 N–H and O–H groups in total. The molecule has 0 aromatic carbocycles. The summed E-state index contributed by atoms with van der Waals surface area (Å²) in [6, 6.07) is -0.0718. The Balaban J connectivity index is 0.000000845. The summed E-state index contributed by atoms with van der Waals surface area (Å²) in [5, 5.41) is 0. The summed E-state index contributed by atoms with van der Waals surface area (Å²) in [6.45, 7) is 0. The molecule has 0 amide bonds. The van der Waals surface area contributed by atoms with Gasteiger partial charge in [-0.15, -0.1) is 23.7 Å². The minimum atomic E-state index is -0.0359. The van der Waals surface area contributed by atoms with E-state index in [4.69, 9.17) is 34.7 Å². The highest BCUT2D eigenvalue weighted by molar-refractivity contribution is 7.20. The third kappa shape index (κ3) is 1.69. The van der Waals surface area contributed by atoms with Gasteiger partial charge in [0.2, 0.25) is 0 Å². The maximum absolute atomic E-state index is 5.95.